The molecule has 120 valence electrons. The van der Waals surface area contributed by atoms with E-state index in [1.54, 1.807) is 0 Å². The minimum absolute atomic E-state index is 0.128. The lowest BCUT2D eigenvalue weighted by Gasteiger charge is -2.29. The van der Waals surface area contributed by atoms with Crippen molar-refractivity contribution in [2.75, 3.05) is 39.5 Å². The van der Waals surface area contributed by atoms with Gasteiger partial charge in [0.05, 0.1) is 30.8 Å². The third-order valence-corrected chi connectivity index (χ3v) is 3.47. The van der Waals surface area contributed by atoms with Crippen LogP contribution in [0.25, 0.3) is 0 Å². The smallest absolute Gasteiger partial charge is 0.331 e. The monoisotopic (exact) mass is 319 g/mol. The van der Waals surface area contributed by atoms with Gasteiger partial charge in [-0.3, -0.25) is 4.79 Å². The average Bonchev–Trinajstić information content (AvgIpc) is 2.33. The van der Waals surface area contributed by atoms with Gasteiger partial charge in [0, 0.05) is 18.2 Å². The highest BCUT2D eigenvalue weighted by atomic mass is 32.2. The molecule has 0 radical (unpaired) electrons. The summed E-state index contributed by atoms with van der Waals surface area (Å²) in [6.45, 7) is 4.33. The van der Waals surface area contributed by atoms with E-state index in [0.29, 0.717) is 17.6 Å². The van der Waals surface area contributed by atoms with E-state index >= 15 is 0 Å². The first-order valence-electron chi connectivity index (χ1n) is 6.32. The van der Waals surface area contributed by atoms with Crippen LogP contribution in [0.15, 0.2) is 24.8 Å². The molecule has 7 nitrogen and oxygen atoms in total. The Bertz CT molecular complexity index is 507. The van der Waals surface area contributed by atoms with Gasteiger partial charge in [0.25, 0.3) is 0 Å². The second-order valence-corrected chi connectivity index (χ2v) is 6.63. The predicted molar refractivity (Wildman–Crippen MR) is 76.3 cm³/mol. The number of allylic oxidation sites excluding steroid dienone is 2. The van der Waals surface area contributed by atoms with Gasteiger partial charge < -0.3 is 13.8 Å². The molecule has 0 aliphatic heterocycles. The summed E-state index contributed by atoms with van der Waals surface area (Å²) in [7, 11) is -0.522. The summed E-state index contributed by atoms with van der Waals surface area (Å²) in [5.74, 6) is -1.42. The van der Waals surface area contributed by atoms with Gasteiger partial charge in [-0.1, -0.05) is 6.58 Å². The number of likely N-dealkylation sites (N-methyl/N-ethyl adjacent to an activating group) is 1. The molecule has 0 aromatic rings. The molecule has 0 heterocycles. The molecule has 0 aliphatic rings. The molecular weight excluding hydrogens is 298 g/mol. The maximum atomic E-state index is 11.3. The second kappa shape index (κ2) is 8.71. The largest absolute Gasteiger partial charge is 0.748 e. The van der Waals surface area contributed by atoms with Crippen LogP contribution < -0.4 is 0 Å². The summed E-state index contributed by atoms with van der Waals surface area (Å²) >= 11 is 0. The fourth-order valence-electron chi connectivity index (χ4n) is 1.44. The van der Waals surface area contributed by atoms with Crippen LogP contribution in [0.4, 0.5) is 0 Å². The third-order valence-electron chi connectivity index (χ3n) is 2.68. The summed E-state index contributed by atoms with van der Waals surface area (Å²) in [6, 6.07) is 0. The molecule has 0 aromatic heterocycles. The molecule has 21 heavy (non-hydrogen) atoms. The highest BCUT2D eigenvalue weighted by Gasteiger charge is 2.15. The van der Waals surface area contributed by atoms with E-state index in [2.05, 4.69) is 6.58 Å². The lowest BCUT2D eigenvalue weighted by molar-refractivity contribution is -0.890. The van der Waals surface area contributed by atoms with Crippen LogP contribution in [0.3, 0.4) is 0 Å². The lowest BCUT2D eigenvalue weighted by atomic mass is 10.3. The van der Waals surface area contributed by atoms with E-state index in [-0.39, 0.29) is 18.8 Å². The van der Waals surface area contributed by atoms with Gasteiger partial charge in [-0.05, 0) is 12.2 Å². The summed E-state index contributed by atoms with van der Waals surface area (Å²) in [5.41, 5.74) is 0. The Morgan fingerprint density at radius 2 is 1.86 bits per heavy atom. The Balaban J connectivity index is 4.03. The normalized spacial score (nSPS) is 12.3. The van der Waals surface area contributed by atoms with E-state index < -0.39 is 21.8 Å². The van der Waals surface area contributed by atoms with Crippen molar-refractivity contribution < 1.29 is 31.8 Å². The quantitative estimate of drug-likeness (QED) is 0.240. The van der Waals surface area contributed by atoms with Crippen molar-refractivity contribution >= 4 is 21.9 Å². The van der Waals surface area contributed by atoms with Gasteiger partial charge in [-0.15, -0.1) is 0 Å². The van der Waals surface area contributed by atoms with Crippen molar-refractivity contribution in [3.05, 3.63) is 24.8 Å². The average molecular weight is 319 g/mol. The number of quaternary nitrogens is 1. The van der Waals surface area contributed by atoms with Crippen molar-refractivity contribution in [2.45, 2.75) is 6.42 Å². The van der Waals surface area contributed by atoms with Crippen molar-refractivity contribution in [2.24, 2.45) is 0 Å². The Kier molecular flexibility index (Phi) is 8.08. The third kappa shape index (κ3) is 12.0. The Hall–Kier alpha value is -1.51. The van der Waals surface area contributed by atoms with Gasteiger partial charge in [-0.2, -0.15) is 0 Å². The zero-order chi connectivity index (χ0) is 16.5. The second-order valence-electron chi connectivity index (χ2n) is 5.11. The van der Waals surface area contributed by atoms with E-state index in [1.807, 2.05) is 14.1 Å². The number of nitrogens with zero attached hydrogens (tertiary/aromatic N) is 1. The minimum atomic E-state index is -4.19. The molecule has 0 aromatic carbocycles. The number of hydrogen-bond acceptors (Lipinski definition) is 6. The SMILES string of the molecule is C=CC(=O)C=CC(=O)OCC[N+](C)(C)CCCS(=O)(=O)[O-]. The number of ether oxygens (including phenoxy) is 1. The topological polar surface area (TPSA) is 101 Å². The van der Waals surface area contributed by atoms with Crippen LogP contribution in [-0.4, -0.2) is 68.8 Å². The van der Waals surface area contributed by atoms with Gasteiger partial charge >= 0.3 is 5.97 Å². The molecular formula is C13H21NO6S. The number of carbonyl (C=O) groups is 2. The molecule has 8 heteroatoms. The van der Waals surface area contributed by atoms with Crippen molar-refractivity contribution in [3.8, 4) is 0 Å². The number of hydrogen-bond donors (Lipinski definition) is 0. The van der Waals surface area contributed by atoms with Crippen LogP contribution in [0.1, 0.15) is 6.42 Å². The van der Waals surface area contributed by atoms with Crippen molar-refractivity contribution in [1.29, 1.82) is 0 Å². The van der Waals surface area contributed by atoms with Gasteiger partial charge in [0.1, 0.15) is 13.2 Å². The number of esters is 1. The zero-order valence-corrected chi connectivity index (χ0v) is 13.1. The number of ketones is 1. The van der Waals surface area contributed by atoms with E-state index in [4.69, 9.17) is 4.74 Å². The lowest BCUT2D eigenvalue weighted by Crippen LogP contribution is -2.43. The Morgan fingerprint density at radius 3 is 2.38 bits per heavy atom. The molecule has 0 saturated heterocycles. The molecule has 0 aliphatic carbocycles. The molecule has 0 bridgehead atoms. The molecule has 0 saturated carbocycles. The maximum absolute atomic E-state index is 11.3. The number of rotatable bonds is 10. The van der Waals surface area contributed by atoms with Crippen LogP contribution in [-0.2, 0) is 24.4 Å². The van der Waals surface area contributed by atoms with Crippen LogP contribution in [0.5, 0.6) is 0 Å². The maximum Gasteiger partial charge on any atom is 0.331 e. The van der Waals surface area contributed by atoms with Crippen LogP contribution >= 0.6 is 0 Å². The molecule has 0 atom stereocenters. The molecule has 0 unspecified atom stereocenters. The summed E-state index contributed by atoms with van der Waals surface area (Å²) in [5, 5.41) is 0. The van der Waals surface area contributed by atoms with Crippen molar-refractivity contribution in [3.63, 3.8) is 0 Å². The van der Waals surface area contributed by atoms with Crippen molar-refractivity contribution in [1.82, 2.24) is 0 Å². The van der Waals surface area contributed by atoms with Crippen LogP contribution in [0.2, 0.25) is 0 Å². The molecule has 0 fully saturated rings. The van der Waals surface area contributed by atoms with Gasteiger partial charge in [0.2, 0.25) is 0 Å². The standard InChI is InChI=1S/C13H21NO6S/c1-4-12(15)6-7-13(16)20-10-9-14(2,3)8-5-11-21(17,18)19/h4,6-7H,1,5,8-11H2,2-3H3. The summed E-state index contributed by atoms with van der Waals surface area (Å²) < 4.78 is 36.8. The van der Waals surface area contributed by atoms with E-state index in [0.717, 1.165) is 18.2 Å². The number of carbonyl (C=O) groups excluding carboxylic acids is 2. The Labute approximate surface area is 125 Å². The van der Waals surface area contributed by atoms with E-state index in [9.17, 15) is 22.6 Å². The van der Waals surface area contributed by atoms with Gasteiger partial charge in [0.15, 0.2) is 5.78 Å². The first kappa shape index (κ1) is 19.5. The molecule has 0 N–H and O–H groups in total. The highest BCUT2D eigenvalue weighted by Crippen LogP contribution is 2.01. The first-order valence-corrected chi connectivity index (χ1v) is 7.90. The van der Waals surface area contributed by atoms with E-state index in [1.165, 1.54) is 0 Å². The fraction of sp³-hybridized carbons (Fsp3) is 0.538. The molecule has 0 spiro atoms. The zero-order valence-electron chi connectivity index (χ0n) is 12.3. The first-order chi connectivity index (χ1) is 9.56. The summed E-state index contributed by atoms with van der Waals surface area (Å²) in [6.07, 6.45) is 3.41. The highest BCUT2D eigenvalue weighted by molar-refractivity contribution is 7.85. The molecule has 0 rings (SSSR count). The van der Waals surface area contributed by atoms with Crippen LogP contribution in [0, 0.1) is 0 Å². The molecule has 0 amide bonds. The minimum Gasteiger partial charge on any atom is -0.748 e. The Morgan fingerprint density at radius 1 is 1.24 bits per heavy atom. The van der Waals surface area contributed by atoms with Gasteiger partial charge in [-0.25, -0.2) is 13.2 Å². The fourth-order valence-corrected chi connectivity index (χ4v) is 1.92. The predicted octanol–water partition coefficient (Wildman–Crippen LogP) is -0.147. The summed E-state index contributed by atoms with van der Waals surface area (Å²) in [4.78, 5) is 22.1.